The predicted molar refractivity (Wildman–Crippen MR) is 84.4 cm³/mol. The third kappa shape index (κ3) is 4.57. The van der Waals surface area contributed by atoms with Crippen molar-refractivity contribution in [2.75, 3.05) is 17.2 Å². The number of rotatable bonds is 5. The Morgan fingerprint density at radius 1 is 1.05 bits per heavy atom. The summed E-state index contributed by atoms with van der Waals surface area (Å²) in [6, 6.07) is 13.1. The van der Waals surface area contributed by atoms with Crippen molar-refractivity contribution in [1.29, 1.82) is 0 Å². The average molecular weight is 350 g/mol. The lowest BCUT2D eigenvalue weighted by atomic mass is 10.3. The molecule has 108 valence electrons. The molecule has 0 fully saturated rings. The van der Waals surface area contributed by atoms with E-state index in [1.54, 1.807) is 0 Å². The topological polar surface area (TPSA) is 84.3 Å². The lowest BCUT2D eigenvalue weighted by Crippen LogP contribution is -2.21. The molecule has 0 radical (unpaired) electrons. The first-order valence-corrected chi connectivity index (χ1v) is 6.87. The Hall–Kier alpha value is -2.41. The van der Waals surface area contributed by atoms with Gasteiger partial charge in [0, 0.05) is 28.0 Å². The minimum atomic E-state index is -0.485. The summed E-state index contributed by atoms with van der Waals surface area (Å²) in [5.74, 6) is -0.230. The molecule has 0 unspecified atom stereocenters. The van der Waals surface area contributed by atoms with Crippen LogP contribution in [0.1, 0.15) is 0 Å². The highest BCUT2D eigenvalue weighted by molar-refractivity contribution is 9.10. The molecule has 21 heavy (non-hydrogen) atoms. The van der Waals surface area contributed by atoms with Gasteiger partial charge in [-0.05, 0) is 36.4 Å². The monoisotopic (exact) mass is 349 g/mol. The van der Waals surface area contributed by atoms with Crippen molar-refractivity contribution in [2.24, 2.45) is 0 Å². The first-order chi connectivity index (χ1) is 10.0. The van der Waals surface area contributed by atoms with Gasteiger partial charge in [-0.1, -0.05) is 15.9 Å². The molecule has 0 spiro atoms. The van der Waals surface area contributed by atoms with Gasteiger partial charge in [0.05, 0.1) is 11.5 Å². The number of benzene rings is 2. The predicted octanol–water partition coefficient (Wildman–Crippen LogP) is 3.41. The highest BCUT2D eigenvalue weighted by Crippen LogP contribution is 2.16. The van der Waals surface area contributed by atoms with E-state index in [9.17, 15) is 14.9 Å². The summed E-state index contributed by atoms with van der Waals surface area (Å²) in [6.45, 7) is 0.110. The first kappa shape index (κ1) is 15.0. The SMILES string of the molecule is O=C(CNc1ccc(Br)cc1)Nc1ccc([N+](=O)[O-])cc1. The molecule has 0 aliphatic rings. The third-order valence-electron chi connectivity index (χ3n) is 2.66. The van der Waals surface area contributed by atoms with Crippen molar-refractivity contribution in [3.63, 3.8) is 0 Å². The molecule has 2 N–H and O–H groups in total. The zero-order valence-corrected chi connectivity index (χ0v) is 12.5. The van der Waals surface area contributed by atoms with E-state index in [0.29, 0.717) is 5.69 Å². The molecule has 0 aromatic heterocycles. The van der Waals surface area contributed by atoms with Gasteiger partial charge in [0.1, 0.15) is 0 Å². The second kappa shape index (κ2) is 6.85. The van der Waals surface area contributed by atoms with Crippen molar-refractivity contribution >= 4 is 38.9 Å². The van der Waals surface area contributed by atoms with Crippen LogP contribution in [0.25, 0.3) is 0 Å². The van der Waals surface area contributed by atoms with E-state index < -0.39 is 4.92 Å². The van der Waals surface area contributed by atoms with Crippen molar-refractivity contribution in [3.05, 3.63) is 63.1 Å². The highest BCUT2D eigenvalue weighted by Gasteiger charge is 2.06. The number of hydrogen-bond donors (Lipinski definition) is 2. The van der Waals surface area contributed by atoms with Gasteiger partial charge in [-0.15, -0.1) is 0 Å². The van der Waals surface area contributed by atoms with Gasteiger partial charge in [-0.25, -0.2) is 0 Å². The molecular formula is C14H12BrN3O3. The second-order valence-electron chi connectivity index (χ2n) is 4.21. The Morgan fingerprint density at radius 2 is 1.62 bits per heavy atom. The number of carbonyl (C=O) groups is 1. The van der Waals surface area contributed by atoms with Crippen molar-refractivity contribution < 1.29 is 9.72 Å². The van der Waals surface area contributed by atoms with E-state index in [-0.39, 0.29) is 18.1 Å². The molecule has 0 bridgehead atoms. The number of halogens is 1. The van der Waals surface area contributed by atoms with Crippen LogP contribution in [0, 0.1) is 10.1 Å². The molecule has 2 aromatic rings. The first-order valence-electron chi connectivity index (χ1n) is 6.08. The summed E-state index contributed by atoms with van der Waals surface area (Å²) >= 11 is 3.33. The minimum Gasteiger partial charge on any atom is -0.376 e. The number of hydrogen-bond acceptors (Lipinski definition) is 4. The fraction of sp³-hybridized carbons (Fsp3) is 0.0714. The van der Waals surface area contributed by atoms with Gasteiger partial charge in [-0.2, -0.15) is 0 Å². The maximum absolute atomic E-state index is 11.8. The quantitative estimate of drug-likeness (QED) is 0.639. The molecule has 1 amide bonds. The van der Waals surface area contributed by atoms with Gasteiger partial charge in [0.25, 0.3) is 5.69 Å². The average Bonchev–Trinajstić information content (AvgIpc) is 2.47. The van der Waals surface area contributed by atoms with E-state index in [0.717, 1.165) is 10.2 Å². The van der Waals surface area contributed by atoms with Crippen molar-refractivity contribution in [2.45, 2.75) is 0 Å². The summed E-state index contributed by atoms with van der Waals surface area (Å²) < 4.78 is 0.961. The summed E-state index contributed by atoms with van der Waals surface area (Å²) in [6.07, 6.45) is 0. The normalized spacial score (nSPS) is 9.95. The number of nitro groups is 1. The summed E-state index contributed by atoms with van der Waals surface area (Å²) in [5.41, 5.74) is 1.33. The van der Waals surface area contributed by atoms with Gasteiger partial charge in [-0.3, -0.25) is 14.9 Å². The van der Waals surface area contributed by atoms with Gasteiger partial charge < -0.3 is 10.6 Å². The van der Waals surface area contributed by atoms with E-state index >= 15 is 0 Å². The Morgan fingerprint density at radius 3 is 2.19 bits per heavy atom. The number of amides is 1. The molecule has 0 saturated carbocycles. The molecular weight excluding hydrogens is 338 g/mol. The van der Waals surface area contributed by atoms with Gasteiger partial charge >= 0.3 is 0 Å². The van der Waals surface area contributed by atoms with Crippen LogP contribution in [-0.4, -0.2) is 17.4 Å². The standard InChI is InChI=1S/C14H12BrN3O3/c15-10-1-3-11(4-2-10)16-9-14(19)17-12-5-7-13(8-6-12)18(20)21/h1-8,16H,9H2,(H,17,19). The number of carbonyl (C=O) groups excluding carboxylic acids is 1. The molecule has 2 aromatic carbocycles. The van der Waals surface area contributed by atoms with E-state index in [4.69, 9.17) is 0 Å². The Kier molecular flexibility index (Phi) is 4.89. The van der Waals surface area contributed by atoms with Crippen LogP contribution >= 0.6 is 15.9 Å². The number of anilines is 2. The highest BCUT2D eigenvalue weighted by atomic mass is 79.9. The van der Waals surface area contributed by atoms with Gasteiger partial charge in [0.15, 0.2) is 0 Å². The number of non-ortho nitro benzene ring substituents is 1. The smallest absolute Gasteiger partial charge is 0.269 e. The molecule has 7 heteroatoms. The fourth-order valence-corrected chi connectivity index (χ4v) is 1.89. The maximum Gasteiger partial charge on any atom is 0.269 e. The third-order valence-corrected chi connectivity index (χ3v) is 3.19. The van der Waals surface area contributed by atoms with Crippen LogP contribution in [0.3, 0.4) is 0 Å². The summed E-state index contributed by atoms with van der Waals surface area (Å²) in [7, 11) is 0. The lowest BCUT2D eigenvalue weighted by molar-refractivity contribution is -0.384. The molecule has 0 saturated heterocycles. The van der Waals surface area contributed by atoms with Crippen LogP contribution in [0.2, 0.25) is 0 Å². The maximum atomic E-state index is 11.8. The van der Waals surface area contributed by atoms with Gasteiger partial charge in [0.2, 0.25) is 5.91 Å². The van der Waals surface area contributed by atoms with E-state index in [1.807, 2.05) is 24.3 Å². The van der Waals surface area contributed by atoms with Crippen molar-refractivity contribution in [3.8, 4) is 0 Å². The largest absolute Gasteiger partial charge is 0.376 e. The van der Waals surface area contributed by atoms with E-state index in [1.165, 1.54) is 24.3 Å². The van der Waals surface area contributed by atoms with Crippen LogP contribution < -0.4 is 10.6 Å². The van der Waals surface area contributed by atoms with Crippen LogP contribution in [-0.2, 0) is 4.79 Å². The number of nitrogens with one attached hydrogen (secondary N) is 2. The number of nitrogens with zero attached hydrogens (tertiary/aromatic N) is 1. The van der Waals surface area contributed by atoms with Crippen molar-refractivity contribution in [1.82, 2.24) is 0 Å². The molecule has 0 heterocycles. The Bertz CT molecular complexity index is 642. The molecule has 0 atom stereocenters. The zero-order valence-electron chi connectivity index (χ0n) is 10.9. The second-order valence-corrected chi connectivity index (χ2v) is 5.13. The van der Waals surface area contributed by atoms with Crippen LogP contribution in [0.5, 0.6) is 0 Å². The van der Waals surface area contributed by atoms with Crippen LogP contribution in [0.15, 0.2) is 53.0 Å². The lowest BCUT2D eigenvalue weighted by Gasteiger charge is -2.07. The summed E-state index contributed by atoms with van der Waals surface area (Å²) in [5, 5.41) is 16.2. The minimum absolute atomic E-state index is 0.0130. The Balaban J connectivity index is 1.86. The van der Waals surface area contributed by atoms with E-state index in [2.05, 4.69) is 26.6 Å². The molecule has 6 nitrogen and oxygen atoms in total. The molecule has 2 rings (SSSR count). The molecule has 0 aliphatic carbocycles. The number of nitro benzene ring substituents is 1. The molecule has 0 aliphatic heterocycles. The van der Waals surface area contributed by atoms with Crippen LogP contribution in [0.4, 0.5) is 17.1 Å². The fourth-order valence-electron chi connectivity index (χ4n) is 1.62. The summed E-state index contributed by atoms with van der Waals surface area (Å²) in [4.78, 5) is 21.8. The zero-order chi connectivity index (χ0) is 15.2. The Labute approximate surface area is 129 Å².